The maximum absolute atomic E-state index is 12.9. The number of alkyl halides is 3. The van der Waals surface area contributed by atoms with Gasteiger partial charge in [-0.25, -0.2) is 0 Å². The molecule has 3 rings (SSSR count). The Labute approximate surface area is 112 Å². The van der Waals surface area contributed by atoms with Crippen molar-refractivity contribution in [1.29, 1.82) is 0 Å². The van der Waals surface area contributed by atoms with E-state index in [1.54, 1.807) is 0 Å². The van der Waals surface area contributed by atoms with Crippen molar-refractivity contribution in [2.45, 2.75) is 82.1 Å². The summed E-state index contributed by atoms with van der Waals surface area (Å²) in [6.45, 7) is 0. The van der Waals surface area contributed by atoms with Crippen LogP contribution in [0.3, 0.4) is 0 Å². The summed E-state index contributed by atoms with van der Waals surface area (Å²) in [5.74, 6) is 0.558. The zero-order valence-corrected chi connectivity index (χ0v) is 11.3. The quantitative estimate of drug-likeness (QED) is 0.665. The van der Waals surface area contributed by atoms with Gasteiger partial charge < -0.3 is 4.74 Å². The Morgan fingerprint density at radius 2 is 1.68 bits per heavy atom. The molecule has 1 nitrogen and oxygen atoms in total. The first-order valence-electron chi connectivity index (χ1n) is 7.75. The summed E-state index contributed by atoms with van der Waals surface area (Å²) in [7, 11) is 0. The minimum absolute atomic E-state index is 0.105. The average Bonchev–Trinajstić information content (AvgIpc) is 2.73. The lowest BCUT2D eigenvalue weighted by Crippen LogP contribution is -2.37. The van der Waals surface area contributed by atoms with E-state index in [4.69, 9.17) is 4.74 Å². The molecule has 0 unspecified atom stereocenters. The van der Waals surface area contributed by atoms with Crippen molar-refractivity contribution in [1.82, 2.24) is 0 Å². The molecule has 3 fully saturated rings. The highest BCUT2D eigenvalue weighted by Gasteiger charge is 2.59. The van der Waals surface area contributed by atoms with Crippen LogP contribution in [0, 0.1) is 11.8 Å². The van der Waals surface area contributed by atoms with Gasteiger partial charge in [0.15, 0.2) is 0 Å². The van der Waals surface area contributed by atoms with E-state index >= 15 is 0 Å². The van der Waals surface area contributed by atoms with Crippen molar-refractivity contribution in [2.75, 3.05) is 0 Å². The monoisotopic (exact) mass is 276 g/mol. The van der Waals surface area contributed by atoms with Crippen LogP contribution in [-0.2, 0) is 4.74 Å². The molecule has 4 heteroatoms. The molecule has 4 atom stereocenters. The van der Waals surface area contributed by atoms with Crippen LogP contribution in [0.25, 0.3) is 0 Å². The van der Waals surface area contributed by atoms with Crippen LogP contribution in [0.2, 0.25) is 0 Å². The molecule has 0 amide bonds. The van der Waals surface area contributed by atoms with Gasteiger partial charge in [-0.15, -0.1) is 0 Å². The molecule has 0 spiro atoms. The Kier molecular flexibility index (Phi) is 3.57. The second-order valence-electron chi connectivity index (χ2n) is 6.67. The van der Waals surface area contributed by atoms with E-state index in [9.17, 15) is 13.2 Å². The van der Waals surface area contributed by atoms with Crippen LogP contribution in [-0.4, -0.2) is 17.9 Å². The second-order valence-corrected chi connectivity index (χ2v) is 6.67. The Morgan fingerprint density at radius 1 is 0.947 bits per heavy atom. The molecule has 1 heterocycles. The molecule has 2 aliphatic carbocycles. The molecule has 0 radical (unpaired) electrons. The molecule has 19 heavy (non-hydrogen) atoms. The van der Waals surface area contributed by atoms with Gasteiger partial charge in [0.1, 0.15) is 0 Å². The average molecular weight is 276 g/mol. The van der Waals surface area contributed by atoms with Gasteiger partial charge in [0.2, 0.25) is 0 Å². The molecule has 0 N–H and O–H groups in total. The van der Waals surface area contributed by atoms with Crippen molar-refractivity contribution in [3.63, 3.8) is 0 Å². The fraction of sp³-hybridized carbons (Fsp3) is 1.00. The highest BCUT2D eigenvalue weighted by atomic mass is 19.4. The lowest BCUT2D eigenvalue weighted by molar-refractivity contribution is -0.189. The lowest BCUT2D eigenvalue weighted by atomic mass is 9.76. The molecule has 0 aromatic carbocycles. The molecule has 2 saturated carbocycles. The molecule has 1 aliphatic heterocycles. The van der Waals surface area contributed by atoms with E-state index in [1.165, 1.54) is 19.3 Å². The Hall–Kier alpha value is -0.250. The molecule has 0 aromatic rings. The zero-order valence-electron chi connectivity index (χ0n) is 11.3. The summed E-state index contributed by atoms with van der Waals surface area (Å²) in [5.41, 5.74) is -0.863. The van der Waals surface area contributed by atoms with E-state index in [-0.39, 0.29) is 12.0 Å². The lowest BCUT2D eigenvalue weighted by Gasteiger charge is -2.30. The van der Waals surface area contributed by atoms with Gasteiger partial charge in [0, 0.05) is 0 Å². The van der Waals surface area contributed by atoms with Gasteiger partial charge in [0.05, 0.1) is 18.1 Å². The number of fused-ring (bicyclic) bond motifs is 3. The minimum atomic E-state index is -4.10. The molecule has 3 aliphatic rings. The maximum atomic E-state index is 12.9. The zero-order chi connectivity index (χ0) is 13.5. The third-order valence-corrected chi connectivity index (χ3v) is 5.45. The minimum Gasteiger partial charge on any atom is -0.371 e. The summed E-state index contributed by atoms with van der Waals surface area (Å²) >= 11 is 0. The van der Waals surface area contributed by atoms with Gasteiger partial charge in [-0.05, 0) is 37.5 Å². The topological polar surface area (TPSA) is 9.23 Å². The normalized spacial score (nSPS) is 43.4. The van der Waals surface area contributed by atoms with E-state index in [0.717, 1.165) is 32.1 Å². The van der Waals surface area contributed by atoms with Crippen molar-refractivity contribution in [2.24, 2.45) is 11.8 Å². The van der Waals surface area contributed by atoms with Crippen LogP contribution < -0.4 is 0 Å². The van der Waals surface area contributed by atoms with Gasteiger partial charge >= 0.3 is 6.18 Å². The molecule has 110 valence electrons. The first-order chi connectivity index (χ1) is 9.00. The highest BCUT2D eigenvalue weighted by molar-refractivity contribution is 5.05. The van der Waals surface area contributed by atoms with Crippen LogP contribution in [0.1, 0.15) is 64.2 Å². The fourth-order valence-electron chi connectivity index (χ4n) is 4.81. The van der Waals surface area contributed by atoms with E-state index in [1.807, 2.05) is 0 Å². The van der Waals surface area contributed by atoms with Crippen molar-refractivity contribution in [3.05, 3.63) is 0 Å². The maximum Gasteiger partial charge on any atom is 0.391 e. The van der Waals surface area contributed by atoms with Crippen LogP contribution in [0.15, 0.2) is 0 Å². The second kappa shape index (κ2) is 4.94. The molecule has 0 bridgehead atoms. The fourth-order valence-corrected chi connectivity index (χ4v) is 4.81. The number of hydrogen-bond acceptors (Lipinski definition) is 1. The molecular formula is C15H23F3O. The summed E-state index contributed by atoms with van der Waals surface area (Å²) in [6, 6.07) is 0. The van der Waals surface area contributed by atoms with E-state index < -0.39 is 18.2 Å². The standard InChI is InChI=1S/C15H23F3O/c16-15(17,18)10-14-9-5-7-12(14)11-6-3-1-2-4-8-13(11)19-14/h11-13H,1-10H2/t11-,12+,13+,14-/m0/s1. The van der Waals surface area contributed by atoms with Crippen molar-refractivity contribution < 1.29 is 17.9 Å². The number of hydrogen-bond donors (Lipinski definition) is 0. The molecular weight excluding hydrogens is 253 g/mol. The summed E-state index contributed by atoms with van der Waals surface area (Å²) < 4.78 is 44.8. The van der Waals surface area contributed by atoms with Gasteiger partial charge in [-0.3, -0.25) is 0 Å². The van der Waals surface area contributed by atoms with Gasteiger partial charge in [0.25, 0.3) is 0 Å². The molecule has 1 saturated heterocycles. The third kappa shape index (κ3) is 2.65. The Morgan fingerprint density at radius 3 is 2.42 bits per heavy atom. The summed E-state index contributed by atoms with van der Waals surface area (Å²) in [4.78, 5) is 0. The van der Waals surface area contributed by atoms with E-state index in [0.29, 0.717) is 12.3 Å². The van der Waals surface area contributed by atoms with Crippen LogP contribution in [0.4, 0.5) is 13.2 Å². The Balaban J connectivity index is 1.80. The third-order valence-electron chi connectivity index (χ3n) is 5.45. The van der Waals surface area contributed by atoms with Gasteiger partial charge in [-0.2, -0.15) is 13.2 Å². The van der Waals surface area contributed by atoms with Crippen molar-refractivity contribution >= 4 is 0 Å². The van der Waals surface area contributed by atoms with E-state index in [2.05, 4.69) is 0 Å². The first-order valence-corrected chi connectivity index (χ1v) is 7.75. The molecule has 0 aromatic heterocycles. The first kappa shape index (κ1) is 13.7. The predicted molar refractivity (Wildman–Crippen MR) is 66.8 cm³/mol. The Bertz CT molecular complexity index is 328. The summed E-state index contributed by atoms with van der Waals surface area (Å²) in [5, 5.41) is 0. The number of halogens is 3. The largest absolute Gasteiger partial charge is 0.391 e. The van der Waals surface area contributed by atoms with Crippen molar-refractivity contribution in [3.8, 4) is 0 Å². The number of ether oxygens (including phenoxy) is 1. The van der Waals surface area contributed by atoms with Crippen LogP contribution in [0.5, 0.6) is 0 Å². The summed E-state index contributed by atoms with van der Waals surface area (Å²) in [6.07, 6.45) is 4.54. The number of rotatable bonds is 1. The van der Waals surface area contributed by atoms with Crippen LogP contribution >= 0.6 is 0 Å². The SMILES string of the molecule is FC(F)(F)C[C@@]12CCC[C@@H]1[C@@H]1CCCCCC[C@H]1O2. The van der Waals surface area contributed by atoms with Gasteiger partial charge in [-0.1, -0.05) is 32.1 Å². The highest BCUT2D eigenvalue weighted by Crippen LogP contribution is 2.57. The smallest absolute Gasteiger partial charge is 0.371 e. The predicted octanol–water partition coefficient (Wildman–Crippen LogP) is 4.85.